The minimum absolute atomic E-state index is 0.0366. The molecule has 1 heterocycles. The molecule has 2 aromatic rings. The van der Waals surface area contributed by atoms with Crippen molar-refractivity contribution < 1.29 is 14.3 Å². The Morgan fingerprint density at radius 1 is 1.20 bits per heavy atom. The zero-order valence-electron chi connectivity index (χ0n) is 14.6. The maximum atomic E-state index is 13.0. The molecule has 1 saturated heterocycles. The molecule has 3 rings (SSSR count). The van der Waals surface area contributed by atoms with Gasteiger partial charge in [0.05, 0.1) is 19.8 Å². The van der Waals surface area contributed by atoms with Gasteiger partial charge in [-0.1, -0.05) is 30.3 Å². The number of hydrogen-bond acceptors (Lipinski definition) is 4. The van der Waals surface area contributed by atoms with Gasteiger partial charge in [0.15, 0.2) is 0 Å². The molecule has 5 nitrogen and oxygen atoms in total. The minimum Gasteiger partial charge on any atom is -0.497 e. The number of hydrogen-bond donors (Lipinski definition) is 1. The van der Waals surface area contributed by atoms with Gasteiger partial charge in [-0.3, -0.25) is 9.69 Å². The van der Waals surface area contributed by atoms with Gasteiger partial charge in [0.2, 0.25) is 5.91 Å². The Morgan fingerprint density at radius 2 is 1.92 bits per heavy atom. The number of carbonyl (C=O) groups excluding carboxylic acids is 1. The molecule has 1 aliphatic heterocycles. The van der Waals surface area contributed by atoms with Crippen molar-refractivity contribution in [1.82, 2.24) is 4.90 Å². The SMILES string of the molecule is COc1ccc(NC(=O)[C@H](c2ccccc2)N2CCO[C@H](C)C2)cc1. The molecular weight excluding hydrogens is 316 g/mol. The molecule has 1 fully saturated rings. The van der Waals surface area contributed by atoms with E-state index < -0.39 is 0 Å². The van der Waals surface area contributed by atoms with Gasteiger partial charge < -0.3 is 14.8 Å². The van der Waals surface area contributed by atoms with Crippen molar-refractivity contribution in [3.63, 3.8) is 0 Å². The third kappa shape index (κ3) is 4.38. The highest BCUT2D eigenvalue weighted by molar-refractivity contribution is 5.95. The standard InChI is InChI=1S/C20H24N2O3/c1-15-14-22(12-13-25-15)19(16-6-4-3-5-7-16)20(23)21-17-8-10-18(24-2)11-9-17/h3-11,15,19H,12-14H2,1-2H3,(H,21,23)/t15-,19+/m1/s1. The molecule has 1 aliphatic rings. The van der Waals surface area contributed by atoms with Gasteiger partial charge in [-0.15, -0.1) is 0 Å². The van der Waals surface area contributed by atoms with Crippen LogP contribution >= 0.6 is 0 Å². The van der Waals surface area contributed by atoms with Crippen molar-refractivity contribution in [2.24, 2.45) is 0 Å². The van der Waals surface area contributed by atoms with Crippen LogP contribution in [0.5, 0.6) is 5.75 Å². The molecule has 0 spiro atoms. The maximum Gasteiger partial charge on any atom is 0.246 e. The largest absolute Gasteiger partial charge is 0.497 e. The first-order valence-corrected chi connectivity index (χ1v) is 8.53. The van der Waals surface area contributed by atoms with Crippen molar-refractivity contribution in [2.75, 3.05) is 32.1 Å². The summed E-state index contributed by atoms with van der Waals surface area (Å²) >= 11 is 0. The smallest absolute Gasteiger partial charge is 0.246 e. The summed E-state index contributed by atoms with van der Waals surface area (Å²) in [6.07, 6.45) is 0.119. The van der Waals surface area contributed by atoms with E-state index in [2.05, 4.69) is 10.2 Å². The van der Waals surface area contributed by atoms with Crippen molar-refractivity contribution >= 4 is 11.6 Å². The Labute approximate surface area is 148 Å². The molecule has 1 amide bonds. The molecule has 0 aliphatic carbocycles. The number of morpholine rings is 1. The Hall–Kier alpha value is -2.37. The van der Waals surface area contributed by atoms with E-state index in [4.69, 9.17) is 9.47 Å². The fourth-order valence-electron chi connectivity index (χ4n) is 3.13. The second-order valence-corrected chi connectivity index (χ2v) is 6.21. The summed E-state index contributed by atoms with van der Waals surface area (Å²) in [6, 6.07) is 16.9. The number of rotatable bonds is 5. The predicted octanol–water partition coefficient (Wildman–Crippen LogP) is 3.10. The summed E-state index contributed by atoms with van der Waals surface area (Å²) in [6.45, 7) is 4.14. The quantitative estimate of drug-likeness (QED) is 0.909. The average Bonchev–Trinajstić information content (AvgIpc) is 2.63. The van der Waals surface area contributed by atoms with E-state index >= 15 is 0 Å². The van der Waals surface area contributed by atoms with E-state index in [1.165, 1.54) is 0 Å². The van der Waals surface area contributed by atoms with Crippen LogP contribution in [0.4, 0.5) is 5.69 Å². The molecule has 25 heavy (non-hydrogen) atoms. The number of ether oxygens (including phenoxy) is 2. The van der Waals surface area contributed by atoms with Crippen LogP contribution in [0, 0.1) is 0 Å². The Kier molecular flexibility index (Phi) is 5.68. The second kappa shape index (κ2) is 8.14. The lowest BCUT2D eigenvalue weighted by atomic mass is 10.0. The molecule has 2 atom stereocenters. The topological polar surface area (TPSA) is 50.8 Å². The number of methoxy groups -OCH3 is 1. The highest BCUT2D eigenvalue weighted by Gasteiger charge is 2.31. The van der Waals surface area contributed by atoms with Gasteiger partial charge in [0.25, 0.3) is 0 Å². The van der Waals surface area contributed by atoms with Gasteiger partial charge >= 0.3 is 0 Å². The van der Waals surface area contributed by atoms with Crippen LogP contribution in [-0.4, -0.2) is 43.7 Å². The van der Waals surface area contributed by atoms with Crippen molar-refractivity contribution in [3.8, 4) is 5.75 Å². The fourth-order valence-corrected chi connectivity index (χ4v) is 3.13. The van der Waals surface area contributed by atoms with Gasteiger partial charge in [-0.25, -0.2) is 0 Å². The van der Waals surface area contributed by atoms with E-state index in [-0.39, 0.29) is 18.1 Å². The van der Waals surface area contributed by atoms with E-state index in [1.807, 2.05) is 61.5 Å². The summed E-state index contributed by atoms with van der Waals surface area (Å²) < 4.78 is 10.8. The molecule has 132 valence electrons. The van der Waals surface area contributed by atoms with Crippen LogP contribution in [0.2, 0.25) is 0 Å². The number of anilines is 1. The van der Waals surface area contributed by atoms with E-state index in [0.29, 0.717) is 6.61 Å². The van der Waals surface area contributed by atoms with Crippen LogP contribution in [0.1, 0.15) is 18.5 Å². The summed E-state index contributed by atoms with van der Waals surface area (Å²) in [5.41, 5.74) is 1.75. The van der Waals surface area contributed by atoms with Gasteiger partial charge in [0.1, 0.15) is 11.8 Å². The average molecular weight is 340 g/mol. The van der Waals surface area contributed by atoms with Gasteiger partial charge in [-0.05, 0) is 36.8 Å². The fraction of sp³-hybridized carbons (Fsp3) is 0.350. The van der Waals surface area contributed by atoms with Crippen LogP contribution in [0.25, 0.3) is 0 Å². The molecular formula is C20H24N2O3. The number of carbonyl (C=O) groups is 1. The second-order valence-electron chi connectivity index (χ2n) is 6.21. The lowest BCUT2D eigenvalue weighted by Crippen LogP contribution is -2.46. The Morgan fingerprint density at radius 3 is 2.56 bits per heavy atom. The highest BCUT2D eigenvalue weighted by atomic mass is 16.5. The summed E-state index contributed by atoms with van der Waals surface area (Å²) in [5.74, 6) is 0.727. The Bertz CT molecular complexity index is 688. The van der Waals surface area contributed by atoms with Crippen LogP contribution in [0.3, 0.4) is 0 Å². The van der Waals surface area contributed by atoms with Gasteiger partial charge in [-0.2, -0.15) is 0 Å². The summed E-state index contributed by atoms with van der Waals surface area (Å²) in [5, 5.41) is 3.03. The van der Waals surface area contributed by atoms with E-state index in [9.17, 15) is 4.79 Å². The van der Waals surface area contributed by atoms with Gasteiger partial charge in [0, 0.05) is 18.8 Å². The number of nitrogens with zero attached hydrogens (tertiary/aromatic N) is 1. The zero-order chi connectivity index (χ0) is 17.6. The highest BCUT2D eigenvalue weighted by Crippen LogP contribution is 2.25. The number of nitrogens with one attached hydrogen (secondary N) is 1. The molecule has 5 heteroatoms. The van der Waals surface area contributed by atoms with Crippen LogP contribution < -0.4 is 10.1 Å². The summed E-state index contributed by atoms with van der Waals surface area (Å²) in [7, 11) is 1.62. The van der Waals surface area contributed by atoms with E-state index in [0.717, 1.165) is 30.1 Å². The van der Waals surface area contributed by atoms with E-state index in [1.54, 1.807) is 7.11 Å². The summed E-state index contributed by atoms with van der Waals surface area (Å²) in [4.78, 5) is 15.2. The normalized spacial score (nSPS) is 19.2. The molecule has 0 radical (unpaired) electrons. The molecule has 0 saturated carbocycles. The van der Waals surface area contributed by atoms with Crippen LogP contribution in [-0.2, 0) is 9.53 Å². The molecule has 0 aromatic heterocycles. The van der Waals surface area contributed by atoms with Crippen molar-refractivity contribution in [1.29, 1.82) is 0 Å². The first-order valence-electron chi connectivity index (χ1n) is 8.53. The third-order valence-electron chi connectivity index (χ3n) is 4.36. The predicted molar refractivity (Wildman–Crippen MR) is 97.8 cm³/mol. The third-order valence-corrected chi connectivity index (χ3v) is 4.36. The van der Waals surface area contributed by atoms with Crippen LogP contribution in [0.15, 0.2) is 54.6 Å². The monoisotopic (exact) mass is 340 g/mol. The molecule has 0 unspecified atom stereocenters. The lowest BCUT2D eigenvalue weighted by molar-refractivity contribution is -0.124. The molecule has 1 N–H and O–H groups in total. The van der Waals surface area contributed by atoms with Crippen molar-refractivity contribution in [2.45, 2.75) is 19.1 Å². The number of amides is 1. The maximum absolute atomic E-state index is 13.0. The first kappa shape index (κ1) is 17.5. The first-order chi connectivity index (χ1) is 12.2. The minimum atomic E-state index is -0.338. The van der Waals surface area contributed by atoms with Crippen molar-refractivity contribution in [3.05, 3.63) is 60.2 Å². The molecule has 0 bridgehead atoms. The number of benzene rings is 2. The lowest BCUT2D eigenvalue weighted by Gasteiger charge is -2.36. The Balaban J connectivity index is 1.81. The zero-order valence-corrected chi connectivity index (χ0v) is 14.6. The molecule has 2 aromatic carbocycles.